The summed E-state index contributed by atoms with van der Waals surface area (Å²) in [6.07, 6.45) is 2.86. The number of benzene rings is 1. The Kier molecular flexibility index (Phi) is 8.06. The first-order chi connectivity index (χ1) is 21.3. The molecule has 0 spiro atoms. The predicted molar refractivity (Wildman–Crippen MR) is 161 cm³/mol. The second-order valence-electron chi connectivity index (χ2n) is 10.2. The molecule has 1 aliphatic rings. The van der Waals surface area contributed by atoms with E-state index >= 15 is 4.39 Å². The van der Waals surface area contributed by atoms with Crippen LogP contribution in [0.5, 0.6) is 11.6 Å². The molecule has 6 rings (SSSR count). The number of carbonyl (C=O) groups is 1. The number of thiophene rings is 1. The zero-order valence-electron chi connectivity index (χ0n) is 24.2. The fourth-order valence-electron chi connectivity index (χ4n) is 5.33. The minimum Gasteiger partial charge on any atom is -0.490 e. The molecule has 13 heteroatoms. The molecule has 0 bridgehead atoms. The minimum atomic E-state index is -0.810. The number of hydrogen-bond acceptors (Lipinski definition) is 9. The number of carbonyl (C=O) groups excluding carboxylic acids is 1. The van der Waals surface area contributed by atoms with Gasteiger partial charge in [0.05, 0.1) is 50.0 Å². The second kappa shape index (κ2) is 12.1. The first kappa shape index (κ1) is 29.3. The van der Waals surface area contributed by atoms with E-state index in [1.165, 1.54) is 31.6 Å². The second-order valence-corrected chi connectivity index (χ2v) is 11.1. The number of fused-ring (bicyclic) bond motifs is 2. The summed E-state index contributed by atoms with van der Waals surface area (Å²) in [6.45, 7) is 6.61. The minimum absolute atomic E-state index is 0.0117. The normalized spacial score (nSPS) is 14.5. The number of pyridine rings is 1. The Morgan fingerprint density at radius 2 is 2.00 bits per heavy atom. The third-order valence-electron chi connectivity index (χ3n) is 7.40. The van der Waals surface area contributed by atoms with Crippen molar-refractivity contribution in [2.75, 3.05) is 27.4 Å². The highest BCUT2D eigenvalue weighted by atomic mass is 32.1. The molecule has 10 nitrogen and oxygen atoms in total. The van der Waals surface area contributed by atoms with Crippen LogP contribution in [0.15, 0.2) is 54.6 Å². The molecular formula is C31H28F2N6O4S. The highest BCUT2D eigenvalue weighted by Gasteiger charge is 2.30. The third-order valence-corrected chi connectivity index (χ3v) is 8.33. The van der Waals surface area contributed by atoms with E-state index in [1.54, 1.807) is 17.2 Å². The van der Waals surface area contributed by atoms with Gasteiger partial charge in [0.15, 0.2) is 0 Å². The van der Waals surface area contributed by atoms with Crippen LogP contribution in [0.25, 0.3) is 43.9 Å². The Hall–Kier alpha value is -4.75. The van der Waals surface area contributed by atoms with Gasteiger partial charge >= 0.3 is 0 Å². The Morgan fingerprint density at radius 1 is 1.16 bits per heavy atom. The van der Waals surface area contributed by atoms with Gasteiger partial charge in [-0.1, -0.05) is 6.58 Å². The number of aromatic nitrogens is 5. The van der Waals surface area contributed by atoms with E-state index in [1.807, 2.05) is 29.1 Å². The number of amides is 1. The van der Waals surface area contributed by atoms with Crippen molar-refractivity contribution in [2.45, 2.75) is 26.1 Å². The number of ether oxygens (including phenoxy) is 3. The fraction of sp³-hybridized carbons (Fsp3) is 0.258. The summed E-state index contributed by atoms with van der Waals surface area (Å²) < 4.78 is 49.3. The first-order valence-corrected chi connectivity index (χ1v) is 14.6. The monoisotopic (exact) mass is 618 g/mol. The van der Waals surface area contributed by atoms with Crippen molar-refractivity contribution in [1.29, 1.82) is 0 Å². The van der Waals surface area contributed by atoms with Gasteiger partial charge in [0, 0.05) is 52.6 Å². The molecule has 5 aromatic rings. The summed E-state index contributed by atoms with van der Waals surface area (Å²) in [5.74, 6) is -1.46. The quantitative estimate of drug-likeness (QED) is 0.157. The summed E-state index contributed by atoms with van der Waals surface area (Å²) in [7, 11) is 3.01. The molecular weight excluding hydrogens is 590 g/mol. The molecule has 1 aromatic carbocycles. The lowest BCUT2D eigenvalue weighted by Gasteiger charge is -2.33. The maximum Gasteiger partial charge on any atom is 0.246 e. The standard InChI is InChI=1S/C31H28F2N6O4S/c1-5-26(40)38-16-20-13-23(37-39(20)15-17(38)2)30-28(27-22(33)11-19(32)12-24(27)43-8-7-41-3)31-21(6-9-44-31)29(35-30)18-10-25(42-4)36-34-14-18/h5-6,9-14,17H,1,7-8,15-16H2,2-4H3. The molecule has 1 unspecified atom stereocenters. The summed E-state index contributed by atoms with van der Waals surface area (Å²) in [6, 6.07) is 7.28. The van der Waals surface area contributed by atoms with Gasteiger partial charge in [-0.2, -0.15) is 10.2 Å². The highest BCUT2D eigenvalue weighted by Crippen LogP contribution is 2.47. The summed E-state index contributed by atoms with van der Waals surface area (Å²) >= 11 is 1.38. The Labute approximate surface area is 255 Å². The lowest BCUT2D eigenvalue weighted by molar-refractivity contribution is -0.129. The average Bonchev–Trinajstić information content (AvgIpc) is 3.67. The number of halogens is 2. The van der Waals surface area contributed by atoms with Gasteiger partial charge in [0.1, 0.15) is 35.4 Å². The Bertz CT molecular complexity index is 1890. The van der Waals surface area contributed by atoms with Crippen LogP contribution in [0.1, 0.15) is 12.6 Å². The van der Waals surface area contributed by atoms with Gasteiger partial charge in [-0.05, 0) is 30.5 Å². The molecule has 1 amide bonds. The molecule has 1 atom stereocenters. The molecule has 4 aromatic heterocycles. The zero-order chi connectivity index (χ0) is 31.0. The zero-order valence-corrected chi connectivity index (χ0v) is 25.0. The van der Waals surface area contributed by atoms with Crippen LogP contribution < -0.4 is 9.47 Å². The number of hydrogen-bond donors (Lipinski definition) is 0. The van der Waals surface area contributed by atoms with E-state index in [4.69, 9.17) is 24.3 Å². The average molecular weight is 619 g/mol. The van der Waals surface area contributed by atoms with E-state index in [0.29, 0.717) is 51.9 Å². The summed E-state index contributed by atoms with van der Waals surface area (Å²) in [4.78, 5) is 19.3. The van der Waals surface area contributed by atoms with Gasteiger partial charge in [-0.15, -0.1) is 16.4 Å². The lowest BCUT2D eigenvalue weighted by Crippen LogP contribution is -2.44. The van der Waals surface area contributed by atoms with Crippen molar-refractivity contribution in [3.05, 3.63) is 71.9 Å². The first-order valence-electron chi connectivity index (χ1n) is 13.7. The van der Waals surface area contributed by atoms with Crippen molar-refractivity contribution in [2.24, 2.45) is 0 Å². The largest absolute Gasteiger partial charge is 0.490 e. The number of methoxy groups -OCH3 is 2. The molecule has 5 heterocycles. The number of rotatable bonds is 9. The topological polar surface area (TPSA) is 104 Å². The van der Waals surface area contributed by atoms with Crippen molar-refractivity contribution < 1.29 is 27.8 Å². The molecule has 0 aliphatic carbocycles. The van der Waals surface area contributed by atoms with E-state index in [9.17, 15) is 9.18 Å². The van der Waals surface area contributed by atoms with Gasteiger partial charge in [0.2, 0.25) is 11.8 Å². The molecule has 44 heavy (non-hydrogen) atoms. The fourth-order valence-corrected chi connectivity index (χ4v) is 6.28. The molecule has 0 saturated heterocycles. The van der Waals surface area contributed by atoms with Crippen LogP contribution in [0.4, 0.5) is 8.78 Å². The van der Waals surface area contributed by atoms with Crippen LogP contribution >= 0.6 is 11.3 Å². The van der Waals surface area contributed by atoms with E-state index < -0.39 is 11.6 Å². The third kappa shape index (κ3) is 5.28. The van der Waals surface area contributed by atoms with Gasteiger partial charge < -0.3 is 19.1 Å². The molecule has 0 radical (unpaired) electrons. The van der Waals surface area contributed by atoms with Crippen LogP contribution in [-0.4, -0.2) is 69.2 Å². The van der Waals surface area contributed by atoms with Crippen molar-refractivity contribution >= 4 is 27.3 Å². The van der Waals surface area contributed by atoms with Gasteiger partial charge in [-0.3, -0.25) is 9.48 Å². The van der Waals surface area contributed by atoms with Crippen LogP contribution in [0, 0.1) is 11.6 Å². The highest BCUT2D eigenvalue weighted by molar-refractivity contribution is 7.18. The van der Waals surface area contributed by atoms with Crippen molar-refractivity contribution in [1.82, 2.24) is 29.9 Å². The Morgan fingerprint density at radius 3 is 2.77 bits per heavy atom. The number of nitrogens with zero attached hydrogens (tertiary/aromatic N) is 6. The Balaban J connectivity index is 1.63. The molecule has 1 aliphatic heterocycles. The lowest BCUT2D eigenvalue weighted by atomic mass is 9.96. The van der Waals surface area contributed by atoms with Crippen molar-refractivity contribution in [3.63, 3.8) is 0 Å². The smallest absolute Gasteiger partial charge is 0.246 e. The van der Waals surface area contributed by atoms with Crippen LogP contribution in [0.3, 0.4) is 0 Å². The molecule has 0 fully saturated rings. The van der Waals surface area contributed by atoms with Crippen molar-refractivity contribution in [3.8, 4) is 45.4 Å². The maximum absolute atomic E-state index is 15.9. The van der Waals surface area contributed by atoms with E-state index in [0.717, 1.165) is 23.2 Å². The predicted octanol–water partition coefficient (Wildman–Crippen LogP) is 5.51. The van der Waals surface area contributed by atoms with Gasteiger partial charge in [-0.25, -0.2) is 13.8 Å². The van der Waals surface area contributed by atoms with Gasteiger partial charge in [0.25, 0.3) is 0 Å². The van der Waals surface area contributed by atoms with E-state index in [2.05, 4.69) is 16.8 Å². The summed E-state index contributed by atoms with van der Waals surface area (Å²) in [5.41, 5.74) is 3.22. The molecule has 0 N–H and O–H groups in total. The molecule has 226 valence electrons. The van der Waals surface area contributed by atoms with Crippen LogP contribution in [-0.2, 0) is 22.6 Å². The van der Waals surface area contributed by atoms with Crippen LogP contribution in [0.2, 0.25) is 0 Å². The maximum atomic E-state index is 15.9. The molecule has 0 saturated carbocycles. The summed E-state index contributed by atoms with van der Waals surface area (Å²) in [5, 5.41) is 15.5. The SMILES string of the molecule is C=CC(=O)N1Cc2cc(-c3nc(-c4cnnc(OC)c4)c4ccsc4c3-c3c(F)cc(F)cc3OCCOC)nn2CC1C. The van der Waals surface area contributed by atoms with E-state index in [-0.39, 0.29) is 36.5 Å².